The molecule has 1 fully saturated rings. The van der Waals surface area contributed by atoms with E-state index in [1.54, 1.807) is 20.8 Å². The summed E-state index contributed by atoms with van der Waals surface area (Å²) in [5.74, 6) is -0.264. The molecule has 1 heterocycles. The van der Waals surface area contributed by atoms with Gasteiger partial charge in [-0.15, -0.1) is 0 Å². The van der Waals surface area contributed by atoms with Gasteiger partial charge in [0.25, 0.3) is 0 Å². The summed E-state index contributed by atoms with van der Waals surface area (Å²) in [5, 5.41) is 0. The third kappa shape index (κ3) is 4.40. The van der Waals surface area contributed by atoms with Gasteiger partial charge in [-0.3, -0.25) is 4.90 Å². The molecule has 1 aliphatic rings. The molecule has 0 radical (unpaired) electrons. The van der Waals surface area contributed by atoms with Crippen LogP contribution in [-0.2, 0) is 14.3 Å². The molecular formula is C14H25NO4. The number of ether oxygens (including phenoxy) is 2. The molecule has 0 spiro atoms. The van der Waals surface area contributed by atoms with Gasteiger partial charge in [0.1, 0.15) is 17.2 Å². The monoisotopic (exact) mass is 271 g/mol. The maximum Gasteiger partial charge on any atom is 0.411 e. The molecule has 1 saturated heterocycles. The largest absolute Gasteiger partial charge is 0.458 e. The van der Waals surface area contributed by atoms with Crippen LogP contribution < -0.4 is 0 Å². The van der Waals surface area contributed by atoms with Gasteiger partial charge in [-0.2, -0.15) is 0 Å². The van der Waals surface area contributed by atoms with E-state index in [2.05, 4.69) is 0 Å². The molecule has 1 amide bonds. The summed E-state index contributed by atoms with van der Waals surface area (Å²) in [6.45, 7) is 13.3. The number of hydrogen-bond acceptors (Lipinski definition) is 4. The normalized spacial score (nSPS) is 23.6. The first-order valence-corrected chi connectivity index (χ1v) is 6.63. The number of carbonyl (C=O) groups excluding carboxylic acids is 2. The van der Waals surface area contributed by atoms with Crippen LogP contribution in [0.4, 0.5) is 4.79 Å². The molecule has 0 bridgehead atoms. The van der Waals surface area contributed by atoms with E-state index < -0.39 is 23.3 Å². The lowest BCUT2D eigenvalue weighted by Crippen LogP contribution is -2.63. The lowest BCUT2D eigenvalue weighted by atomic mass is 9.91. The minimum absolute atomic E-state index is 0.0994. The van der Waals surface area contributed by atoms with Crippen molar-refractivity contribution in [2.45, 2.75) is 65.7 Å². The number of hydrogen-bond donors (Lipinski definition) is 0. The summed E-state index contributed by atoms with van der Waals surface area (Å²) in [6, 6.07) is -0.533. The van der Waals surface area contributed by atoms with Crippen LogP contribution in [0.5, 0.6) is 0 Å². The van der Waals surface area contributed by atoms with E-state index in [0.717, 1.165) is 0 Å². The van der Waals surface area contributed by atoms with Crippen LogP contribution in [0.2, 0.25) is 0 Å². The first kappa shape index (κ1) is 15.8. The summed E-state index contributed by atoms with van der Waals surface area (Å²) in [7, 11) is 0. The molecule has 0 aromatic rings. The van der Waals surface area contributed by atoms with E-state index in [4.69, 9.17) is 9.47 Å². The Hall–Kier alpha value is -1.26. The van der Waals surface area contributed by atoms with Gasteiger partial charge in [-0.05, 0) is 41.5 Å². The van der Waals surface area contributed by atoms with Crippen molar-refractivity contribution in [3.63, 3.8) is 0 Å². The first-order chi connectivity index (χ1) is 8.41. The zero-order chi connectivity index (χ0) is 15.0. The summed E-state index contributed by atoms with van der Waals surface area (Å²) in [4.78, 5) is 25.5. The molecule has 110 valence electrons. The smallest absolute Gasteiger partial charge is 0.411 e. The van der Waals surface area contributed by atoms with Crippen LogP contribution in [0.25, 0.3) is 0 Å². The zero-order valence-corrected chi connectivity index (χ0v) is 12.9. The molecule has 0 N–H and O–H groups in total. The van der Waals surface area contributed by atoms with Crippen molar-refractivity contribution >= 4 is 12.1 Å². The Balaban J connectivity index is 2.67. The van der Waals surface area contributed by atoms with Crippen LogP contribution in [0.3, 0.4) is 0 Å². The van der Waals surface area contributed by atoms with Gasteiger partial charge in [-0.1, -0.05) is 6.92 Å². The number of rotatable bonds is 1. The number of nitrogens with zero attached hydrogens (tertiary/aromatic N) is 1. The third-order valence-electron chi connectivity index (χ3n) is 2.64. The Morgan fingerprint density at radius 2 is 1.47 bits per heavy atom. The number of carbonyl (C=O) groups is 2. The zero-order valence-electron chi connectivity index (χ0n) is 12.9. The van der Waals surface area contributed by atoms with Gasteiger partial charge >= 0.3 is 12.1 Å². The molecule has 1 aliphatic heterocycles. The Labute approximate surface area is 115 Å². The Kier molecular flexibility index (Phi) is 4.17. The molecule has 0 saturated carbocycles. The van der Waals surface area contributed by atoms with Gasteiger partial charge < -0.3 is 9.47 Å². The topological polar surface area (TPSA) is 55.8 Å². The van der Waals surface area contributed by atoms with Crippen LogP contribution in [-0.4, -0.2) is 40.8 Å². The molecule has 0 aromatic carbocycles. The minimum atomic E-state index is -0.561. The fraction of sp³-hybridized carbons (Fsp3) is 0.857. The molecule has 0 aliphatic carbocycles. The maximum atomic E-state index is 12.1. The number of esters is 1. The van der Waals surface area contributed by atoms with Crippen LogP contribution in [0.1, 0.15) is 48.5 Å². The summed E-state index contributed by atoms with van der Waals surface area (Å²) >= 11 is 0. The van der Waals surface area contributed by atoms with Gasteiger partial charge in [-0.25, -0.2) is 9.59 Å². The van der Waals surface area contributed by atoms with Crippen molar-refractivity contribution < 1.29 is 19.1 Å². The standard InChI is InChI=1S/C14H25NO4/c1-9-8-15(12(17)19-14(5,6)7)10(9)11(16)18-13(2,3)4/h9-10H,8H2,1-7H3. The van der Waals surface area contributed by atoms with Crippen molar-refractivity contribution in [1.82, 2.24) is 4.90 Å². The highest BCUT2D eigenvalue weighted by Crippen LogP contribution is 2.29. The van der Waals surface area contributed by atoms with Crippen LogP contribution >= 0.6 is 0 Å². The van der Waals surface area contributed by atoms with Crippen molar-refractivity contribution in [3.05, 3.63) is 0 Å². The Bertz CT molecular complexity index is 365. The highest BCUT2D eigenvalue weighted by molar-refractivity contribution is 5.84. The molecular weight excluding hydrogens is 246 g/mol. The molecule has 1 rings (SSSR count). The first-order valence-electron chi connectivity index (χ1n) is 6.63. The minimum Gasteiger partial charge on any atom is -0.458 e. The second-order valence-electron chi connectivity index (χ2n) is 7.09. The Morgan fingerprint density at radius 1 is 1.00 bits per heavy atom. The predicted octanol–water partition coefficient (Wildman–Crippen LogP) is 2.58. The highest BCUT2D eigenvalue weighted by Gasteiger charge is 2.47. The van der Waals surface area contributed by atoms with Gasteiger partial charge in [0.05, 0.1) is 0 Å². The number of likely N-dealkylation sites (tertiary alicyclic amines) is 1. The molecule has 2 unspecified atom stereocenters. The second-order valence-corrected chi connectivity index (χ2v) is 7.09. The predicted molar refractivity (Wildman–Crippen MR) is 71.7 cm³/mol. The summed E-state index contributed by atoms with van der Waals surface area (Å²) < 4.78 is 10.6. The van der Waals surface area contributed by atoms with Gasteiger partial charge in [0.15, 0.2) is 0 Å². The fourth-order valence-corrected chi connectivity index (χ4v) is 1.92. The van der Waals surface area contributed by atoms with E-state index in [-0.39, 0.29) is 11.9 Å². The fourth-order valence-electron chi connectivity index (χ4n) is 1.92. The third-order valence-corrected chi connectivity index (χ3v) is 2.64. The lowest BCUT2D eigenvalue weighted by Gasteiger charge is -2.45. The van der Waals surface area contributed by atoms with Crippen molar-refractivity contribution in [2.75, 3.05) is 6.54 Å². The van der Waals surface area contributed by atoms with Crippen molar-refractivity contribution in [3.8, 4) is 0 Å². The Morgan fingerprint density at radius 3 is 1.84 bits per heavy atom. The number of amides is 1. The van der Waals surface area contributed by atoms with Crippen molar-refractivity contribution in [2.24, 2.45) is 5.92 Å². The molecule has 5 nitrogen and oxygen atoms in total. The summed E-state index contributed by atoms with van der Waals surface area (Å²) in [5.41, 5.74) is -1.11. The maximum absolute atomic E-state index is 12.1. The lowest BCUT2D eigenvalue weighted by molar-refractivity contribution is -0.169. The van der Waals surface area contributed by atoms with E-state index in [0.29, 0.717) is 6.54 Å². The van der Waals surface area contributed by atoms with Gasteiger partial charge in [0, 0.05) is 12.5 Å². The SMILES string of the molecule is CC1CN(C(=O)OC(C)(C)C)C1C(=O)OC(C)(C)C. The average molecular weight is 271 g/mol. The van der Waals surface area contributed by atoms with E-state index in [9.17, 15) is 9.59 Å². The van der Waals surface area contributed by atoms with E-state index >= 15 is 0 Å². The van der Waals surface area contributed by atoms with Gasteiger partial charge in [0.2, 0.25) is 0 Å². The second kappa shape index (κ2) is 5.02. The van der Waals surface area contributed by atoms with Crippen LogP contribution in [0.15, 0.2) is 0 Å². The average Bonchev–Trinajstić information content (AvgIpc) is 2.06. The van der Waals surface area contributed by atoms with E-state index in [1.165, 1.54) is 4.90 Å². The summed E-state index contributed by atoms with van der Waals surface area (Å²) in [6.07, 6.45) is -0.457. The molecule has 19 heavy (non-hydrogen) atoms. The van der Waals surface area contributed by atoms with E-state index in [1.807, 2.05) is 27.7 Å². The quantitative estimate of drug-likeness (QED) is 0.688. The molecule has 2 atom stereocenters. The van der Waals surface area contributed by atoms with Crippen molar-refractivity contribution in [1.29, 1.82) is 0 Å². The molecule has 0 aromatic heterocycles. The van der Waals surface area contributed by atoms with Crippen LogP contribution in [0, 0.1) is 5.92 Å². The highest BCUT2D eigenvalue weighted by atomic mass is 16.6. The molecule has 5 heteroatoms.